The van der Waals surface area contributed by atoms with Crippen LogP contribution in [0, 0.1) is 23.2 Å². The van der Waals surface area contributed by atoms with Crippen LogP contribution in [0.4, 0.5) is 0 Å². The fourth-order valence-electron chi connectivity index (χ4n) is 2.15. The number of nitrogens with zero attached hydrogens (tertiary/aromatic N) is 2. The molecule has 1 aliphatic rings. The first-order valence-electron chi connectivity index (χ1n) is 5.96. The summed E-state index contributed by atoms with van der Waals surface area (Å²) in [4.78, 5) is 14.1. The predicted molar refractivity (Wildman–Crippen MR) is 62.6 cm³/mol. The van der Waals surface area contributed by atoms with Crippen LogP contribution in [0.2, 0.25) is 0 Å². The van der Waals surface area contributed by atoms with Crippen molar-refractivity contribution in [3.8, 4) is 6.07 Å². The molecule has 90 valence electrons. The quantitative estimate of drug-likeness (QED) is 0.773. The van der Waals surface area contributed by atoms with Gasteiger partial charge in [-0.1, -0.05) is 6.92 Å². The van der Waals surface area contributed by atoms with Crippen LogP contribution in [0.1, 0.15) is 27.2 Å². The summed E-state index contributed by atoms with van der Waals surface area (Å²) in [5.74, 6) is 0.680. The minimum absolute atomic E-state index is 0.0843. The summed E-state index contributed by atoms with van der Waals surface area (Å²) < 4.78 is 0. The molecule has 1 rings (SSSR count). The molecule has 0 spiro atoms. The molecule has 4 heteroatoms. The third-order valence-corrected chi connectivity index (χ3v) is 3.21. The van der Waals surface area contributed by atoms with Gasteiger partial charge in [-0.05, 0) is 26.3 Å². The molecule has 1 N–H and O–H groups in total. The van der Waals surface area contributed by atoms with E-state index in [-0.39, 0.29) is 17.9 Å². The Hall–Kier alpha value is -1.08. The molecule has 0 aromatic heterocycles. The van der Waals surface area contributed by atoms with Crippen molar-refractivity contribution >= 4 is 5.91 Å². The van der Waals surface area contributed by atoms with Gasteiger partial charge in [0.05, 0.1) is 18.4 Å². The standard InChI is InChI=1S/C12H21N3O/c1-9(2)15(6-4-5-13)12(16)11-8-14-7-10(11)3/h9-11,14H,4,6-8H2,1-3H3. The highest BCUT2D eigenvalue weighted by atomic mass is 16.2. The number of amides is 1. The van der Waals surface area contributed by atoms with Crippen LogP contribution < -0.4 is 5.32 Å². The lowest BCUT2D eigenvalue weighted by molar-refractivity contribution is -0.137. The van der Waals surface area contributed by atoms with Crippen molar-refractivity contribution in [2.75, 3.05) is 19.6 Å². The molecule has 2 unspecified atom stereocenters. The minimum atomic E-state index is 0.0843. The van der Waals surface area contributed by atoms with E-state index in [0.717, 1.165) is 13.1 Å². The summed E-state index contributed by atoms with van der Waals surface area (Å²) >= 11 is 0. The minimum Gasteiger partial charge on any atom is -0.339 e. The van der Waals surface area contributed by atoms with E-state index in [4.69, 9.17) is 5.26 Å². The lowest BCUT2D eigenvalue weighted by atomic mass is 9.96. The first-order valence-corrected chi connectivity index (χ1v) is 5.96. The molecule has 1 saturated heterocycles. The van der Waals surface area contributed by atoms with Crippen molar-refractivity contribution in [2.45, 2.75) is 33.2 Å². The van der Waals surface area contributed by atoms with Crippen LogP contribution in [0.25, 0.3) is 0 Å². The molecular formula is C12H21N3O. The van der Waals surface area contributed by atoms with Gasteiger partial charge in [0.2, 0.25) is 5.91 Å². The van der Waals surface area contributed by atoms with Crippen LogP contribution >= 0.6 is 0 Å². The molecule has 1 aliphatic heterocycles. The van der Waals surface area contributed by atoms with Crippen molar-refractivity contribution in [2.24, 2.45) is 11.8 Å². The molecule has 4 nitrogen and oxygen atoms in total. The van der Waals surface area contributed by atoms with Crippen molar-refractivity contribution < 1.29 is 4.79 Å². The molecule has 0 bridgehead atoms. The van der Waals surface area contributed by atoms with Gasteiger partial charge in [-0.3, -0.25) is 4.79 Å². The number of carbonyl (C=O) groups is 1. The fourth-order valence-corrected chi connectivity index (χ4v) is 2.15. The van der Waals surface area contributed by atoms with Crippen molar-refractivity contribution in [1.82, 2.24) is 10.2 Å². The predicted octanol–water partition coefficient (Wildman–Crippen LogP) is 0.993. The van der Waals surface area contributed by atoms with Crippen LogP contribution in [0.15, 0.2) is 0 Å². The molecule has 0 radical (unpaired) electrons. The Balaban J connectivity index is 2.63. The molecule has 0 aliphatic carbocycles. The summed E-state index contributed by atoms with van der Waals surface area (Å²) in [6.45, 7) is 8.35. The normalized spacial score (nSPS) is 24.4. The Morgan fingerprint density at radius 1 is 1.56 bits per heavy atom. The maximum atomic E-state index is 12.3. The van der Waals surface area contributed by atoms with Crippen LogP contribution in [0.3, 0.4) is 0 Å². The van der Waals surface area contributed by atoms with E-state index in [1.165, 1.54) is 0 Å². The number of nitrogens with one attached hydrogen (secondary N) is 1. The molecular weight excluding hydrogens is 202 g/mol. The van der Waals surface area contributed by atoms with E-state index < -0.39 is 0 Å². The van der Waals surface area contributed by atoms with E-state index in [2.05, 4.69) is 18.3 Å². The van der Waals surface area contributed by atoms with Gasteiger partial charge >= 0.3 is 0 Å². The van der Waals surface area contributed by atoms with E-state index in [0.29, 0.717) is 18.9 Å². The lowest BCUT2D eigenvalue weighted by Gasteiger charge is -2.29. The highest BCUT2D eigenvalue weighted by molar-refractivity contribution is 5.80. The van der Waals surface area contributed by atoms with Crippen molar-refractivity contribution in [3.05, 3.63) is 0 Å². The Morgan fingerprint density at radius 2 is 2.25 bits per heavy atom. The number of rotatable bonds is 4. The van der Waals surface area contributed by atoms with Crippen LogP contribution in [-0.2, 0) is 4.79 Å². The van der Waals surface area contributed by atoms with Gasteiger partial charge in [0.15, 0.2) is 0 Å². The molecule has 1 amide bonds. The number of hydrogen-bond acceptors (Lipinski definition) is 3. The first-order chi connectivity index (χ1) is 7.57. The van der Waals surface area contributed by atoms with Crippen LogP contribution in [-0.4, -0.2) is 36.5 Å². The van der Waals surface area contributed by atoms with Gasteiger partial charge in [-0.25, -0.2) is 0 Å². The van der Waals surface area contributed by atoms with E-state index in [1.807, 2.05) is 18.7 Å². The molecule has 0 saturated carbocycles. The number of carbonyl (C=O) groups excluding carboxylic acids is 1. The Labute approximate surface area is 97.6 Å². The largest absolute Gasteiger partial charge is 0.339 e. The van der Waals surface area contributed by atoms with Gasteiger partial charge in [0, 0.05) is 19.1 Å². The zero-order valence-electron chi connectivity index (χ0n) is 10.4. The zero-order chi connectivity index (χ0) is 12.1. The summed E-state index contributed by atoms with van der Waals surface area (Å²) in [5.41, 5.74) is 0. The molecule has 16 heavy (non-hydrogen) atoms. The molecule has 1 heterocycles. The zero-order valence-corrected chi connectivity index (χ0v) is 10.4. The van der Waals surface area contributed by atoms with Gasteiger partial charge in [-0.15, -0.1) is 0 Å². The van der Waals surface area contributed by atoms with E-state index in [1.54, 1.807) is 0 Å². The van der Waals surface area contributed by atoms with Gasteiger partial charge in [-0.2, -0.15) is 5.26 Å². The third kappa shape index (κ3) is 2.96. The molecule has 0 aromatic rings. The molecule has 1 fully saturated rings. The molecule has 0 aromatic carbocycles. The maximum Gasteiger partial charge on any atom is 0.227 e. The lowest BCUT2D eigenvalue weighted by Crippen LogP contribution is -2.43. The fraction of sp³-hybridized carbons (Fsp3) is 0.833. The smallest absolute Gasteiger partial charge is 0.227 e. The Bertz CT molecular complexity index is 282. The Kier molecular flexibility index (Phi) is 4.75. The van der Waals surface area contributed by atoms with Gasteiger partial charge in [0.1, 0.15) is 0 Å². The monoisotopic (exact) mass is 223 g/mol. The summed E-state index contributed by atoms with van der Waals surface area (Å²) in [6, 6.07) is 2.27. The first kappa shape index (κ1) is 13.0. The number of hydrogen-bond donors (Lipinski definition) is 1. The Morgan fingerprint density at radius 3 is 2.69 bits per heavy atom. The van der Waals surface area contributed by atoms with Crippen molar-refractivity contribution in [3.63, 3.8) is 0 Å². The van der Waals surface area contributed by atoms with Gasteiger partial charge < -0.3 is 10.2 Å². The van der Waals surface area contributed by atoms with Crippen LogP contribution in [0.5, 0.6) is 0 Å². The highest BCUT2D eigenvalue weighted by Crippen LogP contribution is 2.19. The summed E-state index contributed by atoms with van der Waals surface area (Å²) in [6.07, 6.45) is 0.415. The topological polar surface area (TPSA) is 56.1 Å². The second-order valence-corrected chi connectivity index (χ2v) is 4.78. The van der Waals surface area contributed by atoms with Gasteiger partial charge in [0.25, 0.3) is 0 Å². The highest BCUT2D eigenvalue weighted by Gasteiger charge is 2.33. The summed E-state index contributed by atoms with van der Waals surface area (Å²) in [5, 5.41) is 11.8. The SMILES string of the molecule is CC1CNCC1C(=O)N(CCC#N)C(C)C. The average molecular weight is 223 g/mol. The summed E-state index contributed by atoms with van der Waals surface area (Å²) in [7, 11) is 0. The molecule has 2 atom stereocenters. The second-order valence-electron chi connectivity index (χ2n) is 4.78. The van der Waals surface area contributed by atoms with E-state index >= 15 is 0 Å². The third-order valence-electron chi connectivity index (χ3n) is 3.21. The maximum absolute atomic E-state index is 12.3. The van der Waals surface area contributed by atoms with E-state index in [9.17, 15) is 4.79 Å². The average Bonchev–Trinajstić information content (AvgIpc) is 2.64. The number of nitriles is 1. The van der Waals surface area contributed by atoms with Crippen molar-refractivity contribution in [1.29, 1.82) is 5.26 Å². The second kappa shape index (κ2) is 5.86.